The quantitative estimate of drug-likeness (QED) is 0.838. The number of hydrogen-bond donors (Lipinski definition) is 2. The third-order valence-electron chi connectivity index (χ3n) is 2.68. The van der Waals surface area contributed by atoms with E-state index in [0.717, 1.165) is 5.56 Å². The summed E-state index contributed by atoms with van der Waals surface area (Å²) in [5, 5.41) is 0. The number of nitrogens with two attached hydrogens (primary N) is 1. The minimum absolute atomic E-state index is 0.120. The van der Waals surface area contributed by atoms with Crippen molar-refractivity contribution in [1.29, 1.82) is 0 Å². The molecule has 3 N–H and O–H groups in total. The van der Waals surface area contributed by atoms with Crippen molar-refractivity contribution in [3.05, 3.63) is 34.3 Å². The summed E-state index contributed by atoms with van der Waals surface area (Å²) in [7, 11) is 0. The fraction of sp³-hybridized carbons (Fsp3) is 0.333. The molecule has 5 heteroatoms. The highest BCUT2D eigenvalue weighted by atomic mass is 16.4. The SMILES string of the molecule is CC(=O)CCC(N)c1ccc2[nH]c(=O)oc2c1. The molecule has 0 spiro atoms. The third kappa shape index (κ3) is 2.62. The summed E-state index contributed by atoms with van der Waals surface area (Å²) in [5.74, 6) is -0.357. The summed E-state index contributed by atoms with van der Waals surface area (Å²) in [6, 6.07) is 5.10. The van der Waals surface area contributed by atoms with E-state index in [1.165, 1.54) is 0 Å². The normalized spacial score (nSPS) is 12.8. The second-order valence-electron chi connectivity index (χ2n) is 4.12. The second kappa shape index (κ2) is 4.55. The van der Waals surface area contributed by atoms with Crippen LogP contribution >= 0.6 is 0 Å². The van der Waals surface area contributed by atoms with E-state index < -0.39 is 5.76 Å². The topological polar surface area (TPSA) is 89.1 Å². The van der Waals surface area contributed by atoms with Crippen molar-refractivity contribution >= 4 is 16.9 Å². The number of H-pyrrole nitrogens is 1. The smallest absolute Gasteiger partial charge is 0.408 e. The molecule has 1 unspecified atom stereocenters. The lowest BCUT2D eigenvalue weighted by molar-refractivity contribution is -0.117. The molecule has 1 heterocycles. The van der Waals surface area contributed by atoms with Crippen LogP contribution in [0.4, 0.5) is 0 Å². The Kier molecular flexibility index (Phi) is 3.10. The summed E-state index contributed by atoms with van der Waals surface area (Å²) < 4.78 is 4.95. The van der Waals surface area contributed by atoms with Gasteiger partial charge in [-0.1, -0.05) is 6.07 Å². The number of oxazole rings is 1. The molecule has 0 saturated heterocycles. The summed E-state index contributed by atoms with van der Waals surface area (Å²) in [4.78, 5) is 24.4. The Labute approximate surface area is 97.6 Å². The number of aromatic nitrogens is 1. The number of aromatic amines is 1. The Bertz CT molecular complexity index is 597. The number of ketones is 1. The Hall–Kier alpha value is -1.88. The Morgan fingerprint density at radius 2 is 2.29 bits per heavy atom. The fourth-order valence-electron chi connectivity index (χ4n) is 1.72. The van der Waals surface area contributed by atoms with E-state index in [4.69, 9.17) is 10.2 Å². The minimum atomic E-state index is -0.477. The van der Waals surface area contributed by atoms with Crippen LogP contribution in [-0.2, 0) is 4.79 Å². The van der Waals surface area contributed by atoms with Crippen molar-refractivity contribution in [2.24, 2.45) is 5.73 Å². The van der Waals surface area contributed by atoms with E-state index in [1.807, 2.05) is 6.07 Å². The zero-order valence-corrected chi connectivity index (χ0v) is 9.53. The van der Waals surface area contributed by atoms with Crippen LogP contribution < -0.4 is 11.5 Å². The van der Waals surface area contributed by atoms with Crippen LogP contribution in [0.25, 0.3) is 11.1 Å². The third-order valence-corrected chi connectivity index (χ3v) is 2.68. The molecule has 0 saturated carbocycles. The number of hydrogen-bond acceptors (Lipinski definition) is 4. The monoisotopic (exact) mass is 234 g/mol. The van der Waals surface area contributed by atoms with Crippen molar-refractivity contribution in [2.45, 2.75) is 25.8 Å². The maximum absolute atomic E-state index is 11.0. The molecule has 1 aromatic heterocycles. The van der Waals surface area contributed by atoms with Crippen LogP contribution in [0.1, 0.15) is 31.4 Å². The van der Waals surface area contributed by atoms with Gasteiger partial charge in [0.1, 0.15) is 5.78 Å². The molecule has 2 aromatic rings. The van der Waals surface area contributed by atoms with Gasteiger partial charge in [-0.25, -0.2) is 4.79 Å². The molecule has 17 heavy (non-hydrogen) atoms. The number of carbonyl (C=O) groups excluding carboxylic acids is 1. The summed E-state index contributed by atoms with van der Waals surface area (Å²) in [6.45, 7) is 1.54. The first kappa shape index (κ1) is 11.6. The number of Topliss-reactive ketones (excluding diaryl/α,β-unsaturated/α-hetero) is 1. The van der Waals surface area contributed by atoms with Crippen LogP contribution in [0.2, 0.25) is 0 Å². The van der Waals surface area contributed by atoms with Crippen LogP contribution in [-0.4, -0.2) is 10.8 Å². The molecule has 0 aliphatic carbocycles. The van der Waals surface area contributed by atoms with E-state index >= 15 is 0 Å². The second-order valence-corrected chi connectivity index (χ2v) is 4.12. The first-order valence-corrected chi connectivity index (χ1v) is 5.44. The van der Waals surface area contributed by atoms with Crippen molar-refractivity contribution in [3.63, 3.8) is 0 Å². The average Bonchev–Trinajstić information content (AvgIpc) is 2.64. The zero-order valence-electron chi connectivity index (χ0n) is 9.53. The van der Waals surface area contributed by atoms with Crippen LogP contribution in [0.5, 0.6) is 0 Å². The van der Waals surface area contributed by atoms with Gasteiger partial charge in [0.05, 0.1) is 5.52 Å². The number of nitrogens with one attached hydrogen (secondary N) is 1. The Balaban J connectivity index is 2.23. The molecule has 0 amide bonds. The molecule has 1 atom stereocenters. The molecule has 0 aliphatic heterocycles. The van der Waals surface area contributed by atoms with Gasteiger partial charge in [0.15, 0.2) is 5.58 Å². The van der Waals surface area contributed by atoms with E-state index in [9.17, 15) is 9.59 Å². The Morgan fingerprint density at radius 3 is 3.00 bits per heavy atom. The molecule has 0 fully saturated rings. The number of fused-ring (bicyclic) bond motifs is 1. The fourth-order valence-corrected chi connectivity index (χ4v) is 1.72. The van der Waals surface area contributed by atoms with Gasteiger partial charge in [0.25, 0.3) is 0 Å². The Morgan fingerprint density at radius 1 is 1.53 bits per heavy atom. The van der Waals surface area contributed by atoms with Crippen LogP contribution in [0, 0.1) is 0 Å². The highest BCUT2D eigenvalue weighted by Crippen LogP contribution is 2.20. The van der Waals surface area contributed by atoms with Crippen LogP contribution in [0.3, 0.4) is 0 Å². The standard InChI is InChI=1S/C12H14N2O3/c1-7(15)2-4-9(13)8-3-5-10-11(6-8)17-12(16)14-10/h3,5-6,9H,2,4,13H2,1H3,(H,14,16). The predicted octanol–water partition coefficient (Wildman–Crippen LogP) is 1.49. The lowest BCUT2D eigenvalue weighted by atomic mass is 10.0. The van der Waals surface area contributed by atoms with Crippen molar-refractivity contribution in [1.82, 2.24) is 4.98 Å². The minimum Gasteiger partial charge on any atom is -0.408 e. The van der Waals surface area contributed by atoms with Crippen LogP contribution in [0.15, 0.2) is 27.4 Å². The molecule has 2 rings (SSSR count). The van der Waals surface area contributed by atoms with E-state index in [2.05, 4.69) is 4.98 Å². The lowest BCUT2D eigenvalue weighted by Gasteiger charge is -2.10. The van der Waals surface area contributed by atoms with Crippen molar-refractivity contribution in [3.8, 4) is 0 Å². The van der Waals surface area contributed by atoms with Gasteiger partial charge in [0, 0.05) is 12.5 Å². The van der Waals surface area contributed by atoms with Gasteiger partial charge < -0.3 is 14.9 Å². The highest BCUT2D eigenvalue weighted by molar-refractivity contribution is 5.75. The predicted molar refractivity (Wildman–Crippen MR) is 63.7 cm³/mol. The lowest BCUT2D eigenvalue weighted by Crippen LogP contribution is -2.11. The van der Waals surface area contributed by atoms with Gasteiger partial charge in [-0.15, -0.1) is 0 Å². The zero-order chi connectivity index (χ0) is 12.4. The maximum Gasteiger partial charge on any atom is 0.417 e. The first-order chi connectivity index (χ1) is 8.06. The first-order valence-electron chi connectivity index (χ1n) is 5.44. The molecule has 5 nitrogen and oxygen atoms in total. The van der Waals surface area contributed by atoms with Gasteiger partial charge in [-0.2, -0.15) is 0 Å². The molecule has 90 valence electrons. The highest BCUT2D eigenvalue weighted by Gasteiger charge is 2.09. The number of rotatable bonds is 4. The van der Waals surface area contributed by atoms with E-state index in [-0.39, 0.29) is 11.8 Å². The number of benzene rings is 1. The molecule has 1 aromatic carbocycles. The largest absolute Gasteiger partial charge is 0.417 e. The van der Waals surface area contributed by atoms with Gasteiger partial charge in [-0.05, 0) is 31.0 Å². The summed E-state index contributed by atoms with van der Waals surface area (Å²) in [5.41, 5.74) is 7.96. The van der Waals surface area contributed by atoms with Gasteiger partial charge in [0.2, 0.25) is 0 Å². The molecular formula is C12H14N2O3. The van der Waals surface area contributed by atoms with E-state index in [1.54, 1.807) is 19.1 Å². The summed E-state index contributed by atoms with van der Waals surface area (Å²) >= 11 is 0. The van der Waals surface area contributed by atoms with E-state index in [0.29, 0.717) is 23.9 Å². The van der Waals surface area contributed by atoms with Crippen molar-refractivity contribution < 1.29 is 9.21 Å². The average molecular weight is 234 g/mol. The molecular weight excluding hydrogens is 220 g/mol. The van der Waals surface area contributed by atoms with Gasteiger partial charge in [-0.3, -0.25) is 4.98 Å². The maximum atomic E-state index is 11.0. The molecule has 0 aliphatic rings. The molecule has 0 radical (unpaired) electrons. The summed E-state index contributed by atoms with van der Waals surface area (Å²) in [6.07, 6.45) is 1.05. The van der Waals surface area contributed by atoms with Crippen molar-refractivity contribution in [2.75, 3.05) is 0 Å². The van der Waals surface area contributed by atoms with Gasteiger partial charge >= 0.3 is 5.76 Å². The molecule has 0 bridgehead atoms. The number of carbonyl (C=O) groups is 1.